The number of fused-ring (bicyclic) bond motifs is 1. The molecule has 238 valence electrons. The number of ether oxygens (including phenoxy) is 6. The molecule has 0 unspecified atom stereocenters. The second-order valence-corrected chi connectivity index (χ2v) is 10.1. The Bertz CT molecular complexity index is 1790. The molecule has 0 bridgehead atoms. The maximum absolute atomic E-state index is 12.6. The number of benzene rings is 3. The second kappa shape index (κ2) is 14.3. The molecule has 2 N–H and O–H groups in total. The first-order valence-electron chi connectivity index (χ1n) is 14.3. The number of aromatic nitrogens is 2. The molecule has 1 aliphatic rings. The Morgan fingerprint density at radius 2 is 1.70 bits per heavy atom. The molecule has 12 nitrogen and oxygen atoms in total. The highest BCUT2D eigenvalue weighted by Gasteiger charge is 2.23. The molecule has 1 aliphatic heterocycles. The second-order valence-electron chi connectivity index (χ2n) is 10.1. The first kappa shape index (κ1) is 31.6. The Labute approximate surface area is 264 Å². The van der Waals surface area contributed by atoms with Crippen molar-refractivity contribution in [3.8, 4) is 45.8 Å². The van der Waals surface area contributed by atoms with Crippen LogP contribution in [-0.2, 0) is 17.8 Å². The van der Waals surface area contributed by atoms with Crippen LogP contribution < -0.4 is 28.4 Å². The molecular formula is C34H32N2O10. The van der Waals surface area contributed by atoms with Gasteiger partial charge in [0.1, 0.15) is 30.2 Å². The van der Waals surface area contributed by atoms with Crippen molar-refractivity contribution >= 4 is 18.0 Å². The van der Waals surface area contributed by atoms with E-state index in [0.717, 1.165) is 0 Å². The van der Waals surface area contributed by atoms with Crippen LogP contribution in [-0.4, -0.2) is 59.7 Å². The minimum absolute atomic E-state index is 0.00456. The van der Waals surface area contributed by atoms with Crippen LogP contribution in [0.1, 0.15) is 40.5 Å². The molecule has 0 radical (unpaired) electrons. The largest absolute Gasteiger partial charge is 0.497 e. The maximum Gasteiger partial charge on any atom is 0.336 e. The van der Waals surface area contributed by atoms with Crippen molar-refractivity contribution in [1.82, 2.24) is 9.97 Å². The summed E-state index contributed by atoms with van der Waals surface area (Å²) in [7, 11) is 3.00. The third kappa shape index (κ3) is 6.96. The van der Waals surface area contributed by atoms with Crippen LogP contribution >= 0.6 is 0 Å². The molecule has 0 saturated carbocycles. The van der Waals surface area contributed by atoms with Crippen LogP contribution in [0.15, 0.2) is 66.5 Å². The summed E-state index contributed by atoms with van der Waals surface area (Å²) in [5, 5.41) is 20.0. The lowest BCUT2D eigenvalue weighted by Gasteiger charge is -2.18. The standard InChI is InChI=1S/C34H32N2O10/c1-4-11-43-32-31(25-10-9-23(41-2)15-28(25)44-17-20-7-5-6-8-24(20)34(39)40)26(35-18-36-32)13-22(33(37)38)12-21-14-29-30(46-19-45-29)16-27(21)42-3/h5-10,13-16,18H,4,11-12,17,19H2,1-3H3,(H,37,38)(H,39,40)/b22-13+. The monoisotopic (exact) mass is 628 g/mol. The zero-order chi connectivity index (χ0) is 32.6. The third-order valence-electron chi connectivity index (χ3n) is 7.12. The predicted molar refractivity (Wildman–Crippen MR) is 166 cm³/mol. The molecule has 0 saturated heterocycles. The van der Waals surface area contributed by atoms with E-state index >= 15 is 0 Å². The van der Waals surface area contributed by atoms with Crippen molar-refractivity contribution in [2.75, 3.05) is 27.6 Å². The lowest BCUT2D eigenvalue weighted by molar-refractivity contribution is -0.132. The number of carbonyl (C=O) groups is 2. The van der Waals surface area contributed by atoms with Gasteiger partial charge in [-0.2, -0.15) is 0 Å². The zero-order valence-electron chi connectivity index (χ0n) is 25.4. The number of hydrogen-bond donors (Lipinski definition) is 2. The van der Waals surface area contributed by atoms with Gasteiger partial charge in [0.25, 0.3) is 0 Å². The van der Waals surface area contributed by atoms with Crippen LogP contribution in [0.4, 0.5) is 0 Å². The van der Waals surface area contributed by atoms with Gasteiger partial charge in [-0.25, -0.2) is 19.6 Å². The molecule has 0 amide bonds. The first-order valence-corrected chi connectivity index (χ1v) is 14.3. The molecule has 0 atom stereocenters. The Morgan fingerprint density at radius 1 is 0.913 bits per heavy atom. The normalized spacial score (nSPS) is 12.0. The van der Waals surface area contributed by atoms with E-state index in [1.54, 1.807) is 48.5 Å². The molecule has 46 heavy (non-hydrogen) atoms. The highest BCUT2D eigenvalue weighted by Crippen LogP contribution is 2.42. The number of methoxy groups -OCH3 is 2. The maximum atomic E-state index is 12.6. The summed E-state index contributed by atoms with van der Waals surface area (Å²) in [4.78, 5) is 33.3. The average Bonchev–Trinajstić information content (AvgIpc) is 3.53. The van der Waals surface area contributed by atoms with Crippen molar-refractivity contribution in [2.24, 2.45) is 0 Å². The van der Waals surface area contributed by atoms with Gasteiger partial charge in [-0.1, -0.05) is 25.1 Å². The Kier molecular flexibility index (Phi) is 9.86. The number of hydrogen-bond acceptors (Lipinski definition) is 10. The Hall–Kier alpha value is -5.78. The highest BCUT2D eigenvalue weighted by molar-refractivity contribution is 5.95. The molecule has 0 spiro atoms. The lowest BCUT2D eigenvalue weighted by Crippen LogP contribution is -2.08. The number of carboxylic acid groups (broad SMARTS) is 2. The highest BCUT2D eigenvalue weighted by atomic mass is 16.7. The molecule has 0 aliphatic carbocycles. The fourth-order valence-corrected chi connectivity index (χ4v) is 4.87. The lowest BCUT2D eigenvalue weighted by atomic mass is 9.98. The molecule has 12 heteroatoms. The number of aromatic carboxylic acids is 1. The molecule has 5 rings (SSSR count). The molecule has 0 fully saturated rings. The van der Waals surface area contributed by atoms with Crippen LogP contribution in [0.2, 0.25) is 0 Å². The van der Waals surface area contributed by atoms with Gasteiger partial charge in [-0.3, -0.25) is 0 Å². The summed E-state index contributed by atoms with van der Waals surface area (Å²) in [5.74, 6) is 0.212. The van der Waals surface area contributed by atoms with E-state index in [4.69, 9.17) is 28.4 Å². The first-order chi connectivity index (χ1) is 22.3. The van der Waals surface area contributed by atoms with Crippen molar-refractivity contribution in [3.63, 3.8) is 0 Å². The van der Waals surface area contributed by atoms with Gasteiger partial charge in [0.15, 0.2) is 11.5 Å². The molecule has 4 aromatic rings. The van der Waals surface area contributed by atoms with Crippen molar-refractivity contribution in [2.45, 2.75) is 26.4 Å². The van der Waals surface area contributed by atoms with Gasteiger partial charge < -0.3 is 38.6 Å². The van der Waals surface area contributed by atoms with E-state index in [-0.39, 0.29) is 42.5 Å². The average molecular weight is 629 g/mol. The van der Waals surface area contributed by atoms with E-state index < -0.39 is 11.9 Å². The van der Waals surface area contributed by atoms with Crippen LogP contribution in [0, 0.1) is 0 Å². The SMILES string of the molecule is CCCOc1ncnc(/C=C(\Cc2cc3c(cc2OC)OCO3)C(=O)O)c1-c1ccc(OC)cc1OCc1ccccc1C(=O)O. The summed E-state index contributed by atoms with van der Waals surface area (Å²) in [6.07, 6.45) is 3.42. The number of nitrogens with zero attached hydrogens (tertiary/aromatic N) is 2. The van der Waals surface area contributed by atoms with Crippen molar-refractivity contribution < 1.29 is 48.2 Å². The number of carboxylic acids is 2. The zero-order valence-corrected chi connectivity index (χ0v) is 25.4. The summed E-state index contributed by atoms with van der Waals surface area (Å²) < 4.78 is 34.1. The number of aliphatic carboxylic acids is 1. The van der Waals surface area contributed by atoms with Crippen LogP contribution in [0.3, 0.4) is 0 Å². The predicted octanol–water partition coefficient (Wildman–Crippen LogP) is 5.67. The van der Waals surface area contributed by atoms with Crippen LogP contribution in [0.5, 0.6) is 34.6 Å². The molecule has 1 aromatic heterocycles. The topological polar surface area (TPSA) is 156 Å². The minimum Gasteiger partial charge on any atom is -0.497 e. The quantitative estimate of drug-likeness (QED) is 0.165. The fourth-order valence-electron chi connectivity index (χ4n) is 4.87. The van der Waals surface area contributed by atoms with E-state index in [9.17, 15) is 19.8 Å². The smallest absolute Gasteiger partial charge is 0.336 e. The van der Waals surface area contributed by atoms with Gasteiger partial charge in [0.05, 0.1) is 37.6 Å². The third-order valence-corrected chi connectivity index (χ3v) is 7.12. The summed E-state index contributed by atoms with van der Waals surface area (Å²) in [6, 6.07) is 15.0. The van der Waals surface area contributed by atoms with Gasteiger partial charge >= 0.3 is 11.9 Å². The van der Waals surface area contributed by atoms with Gasteiger partial charge in [-0.05, 0) is 36.8 Å². The number of rotatable bonds is 14. The van der Waals surface area contributed by atoms with E-state index in [1.165, 1.54) is 32.7 Å². The van der Waals surface area contributed by atoms with E-state index in [1.807, 2.05) is 6.92 Å². The summed E-state index contributed by atoms with van der Waals surface area (Å²) in [6.45, 7) is 2.27. The fraction of sp³-hybridized carbons (Fsp3) is 0.235. The van der Waals surface area contributed by atoms with Gasteiger partial charge in [-0.15, -0.1) is 0 Å². The molecular weight excluding hydrogens is 596 g/mol. The van der Waals surface area contributed by atoms with E-state index in [2.05, 4.69) is 9.97 Å². The molecule has 3 aromatic carbocycles. The molecule has 2 heterocycles. The Morgan fingerprint density at radius 3 is 2.41 bits per heavy atom. The van der Waals surface area contributed by atoms with Crippen molar-refractivity contribution in [3.05, 3.63) is 88.9 Å². The minimum atomic E-state index is -1.17. The van der Waals surface area contributed by atoms with Gasteiger partial charge in [0, 0.05) is 40.8 Å². The van der Waals surface area contributed by atoms with E-state index in [0.29, 0.717) is 64.0 Å². The Balaban J connectivity index is 1.61. The summed E-state index contributed by atoms with van der Waals surface area (Å²) >= 11 is 0. The van der Waals surface area contributed by atoms with Crippen LogP contribution in [0.25, 0.3) is 17.2 Å². The van der Waals surface area contributed by atoms with Crippen molar-refractivity contribution in [1.29, 1.82) is 0 Å². The summed E-state index contributed by atoms with van der Waals surface area (Å²) in [5.41, 5.74) is 2.28. The van der Waals surface area contributed by atoms with Gasteiger partial charge in [0.2, 0.25) is 12.7 Å².